The van der Waals surface area contributed by atoms with Gasteiger partial charge in [-0.3, -0.25) is 9.36 Å². The third-order valence-electron chi connectivity index (χ3n) is 4.34. The van der Waals surface area contributed by atoms with Gasteiger partial charge in [0.2, 0.25) is 5.91 Å². The number of carbonyl (C=O) groups is 1. The second kappa shape index (κ2) is 6.81. The highest BCUT2D eigenvalue weighted by Gasteiger charge is 2.20. The summed E-state index contributed by atoms with van der Waals surface area (Å²) in [5, 5.41) is 7.15. The number of hydrogen-bond acceptors (Lipinski definition) is 3. The number of nitrogens with zero attached hydrogens (tertiary/aromatic N) is 3. The van der Waals surface area contributed by atoms with E-state index in [1.165, 1.54) is 10.2 Å². The Hall–Kier alpha value is -2.37. The van der Waals surface area contributed by atoms with Crippen molar-refractivity contribution in [2.75, 3.05) is 0 Å². The largest absolute Gasteiger partial charge is 0.352 e. The molecule has 1 aliphatic rings. The summed E-state index contributed by atoms with van der Waals surface area (Å²) in [5.41, 5.74) is 0.955. The minimum Gasteiger partial charge on any atom is -0.352 e. The molecule has 1 heterocycles. The van der Waals surface area contributed by atoms with Gasteiger partial charge in [-0.05, 0) is 38.2 Å². The molecule has 1 aromatic carbocycles. The second-order valence-electron chi connectivity index (χ2n) is 6.07. The molecule has 1 amide bonds. The Morgan fingerprint density at radius 3 is 2.70 bits per heavy atom. The van der Waals surface area contributed by atoms with E-state index in [2.05, 4.69) is 10.4 Å². The molecule has 0 atom stereocenters. The molecule has 6 heteroatoms. The third-order valence-corrected chi connectivity index (χ3v) is 4.34. The van der Waals surface area contributed by atoms with Crippen LogP contribution in [0.1, 0.15) is 30.7 Å². The van der Waals surface area contributed by atoms with Gasteiger partial charge in [0.15, 0.2) is 0 Å². The van der Waals surface area contributed by atoms with Gasteiger partial charge in [0.1, 0.15) is 12.4 Å². The highest BCUT2D eigenvalue weighted by Crippen LogP contribution is 2.17. The molecule has 0 spiro atoms. The van der Waals surface area contributed by atoms with Gasteiger partial charge < -0.3 is 5.32 Å². The number of nitrogens with one attached hydrogen (secondary N) is 1. The van der Waals surface area contributed by atoms with Crippen molar-refractivity contribution in [1.29, 1.82) is 0 Å². The molecule has 1 aliphatic carbocycles. The van der Waals surface area contributed by atoms with Crippen LogP contribution >= 0.6 is 0 Å². The number of aromatic nitrogens is 3. The Bertz CT molecular complexity index is 729. The quantitative estimate of drug-likeness (QED) is 0.873. The number of amides is 1. The van der Waals surface area contributed by atoms with Crippen LogP contribution in [-0.2, 0) is 24.3 Å². The molecule has 2 aromatic rings. The number of hydrogen-bond donors (Lipinski definition) is 1. The lowest BCUT2D eigenvalue weighted by Crippen LogP contribution is -2.42. The van der Waals surface area contributed by atoms with E-state index in [1.807, 2.05) is 30.3 Å². The van der Waals surface area contributed by atoms with Crippen LogP contribution in [0.5, 0.6) is 0 Å². The van der Waals surface area contributed by atoms with Crippen molar-refractivity contribution in [3.05, 3.63) is 52.2 Å². The van der Waals surface area contributed by atoms with Crippen LogP contribution in [0.3, 0.4) is 0 Å². The summed E-state index contributed by atoms with van der Waals surface area (Å²) in [5.74, 6) is 0.506. The predicted octanol–water partition coefficient (Wildman–Crippen LogP) is 1.26. The molecule has 23 heavy (non-hydrogen) atoms. The standard InChI is InChI=1S/C17H22N4O2/c1-13-19-21(12-16(22)18-15-8-5-9-15)17(23)20(13)11-10-14-6-3-2-4-7-14/h2-4,6-7,15H,5,8-12H2,1H3,(H,18,22). The van der Waals surface area contributed by atoms with Crippen molar-refractivity contribution in [3.63, 3.8) is 0 Å². The monoisotopic (exact) mass is 314 g/mol. The first-order valence-corrected chi connectivity index (χ1v) is 8.11. The number of rotatable bonds is 6. The van der Waals surface area contributed by atoms with E-state index < -0.39 is 0 Å². The predicted molar refractivity (Wildman–Crippen MR) is 87.2 cm³/mol. The molecule has 0 aliphatic heterocycles. The first-order chi connectivity index (χ1) is 11.1. The van der Waals surface area contributed by atoms with Gasteiger partial charge >= 0.3 is 5.69 Å². The normalized spacial score (nSPS) is 14.5. The van der Waals surface area contributed by atoms with Gasteiger partial charge in [-0.1, -0.05) is 30.3 Å². The first kappa shape index (κ1) is 15.5. The van der Waals surface area contributed by atoms with Crippen molar-refractivity contribution in [2.45, 2.75) is 51.7 Å². The van der Waals surface area contributed by atoms with Crippen LogP contribution in [0.25, 0.3) is 0 Å². The molecule has 1 saturated carbocycles. The van der Waals surface area contributed by atoms with Crippen molar-refractivity contribution >= 4 is 5.91 Å². The summed E-state index contributed by atoms with van der Waals surface area (Å²) in [4.78, 5) is 24.3. The van der Waals surface area contributed by atoms with Crippen molar-refractivity contribution in [1.82, 2.24) is 19.7 Å². The maximum atomic E-state index is 12.4. The third kappa shape index (κ3) is 3.70. The van der Waals surface area contributed by atoms with Crippen LogP contribution in [0.4, 0.5) is 0 Å². The van der Waals surface area contributed by atoms with Crippen molar-refractivity contribution in [2.24, 2.45) is 0 Å². The summed E-state index contributed by atoms with van der Waals surface area (Å²) >= 11 is 0. The molecule has 0 unspecified atom stereocenters. The topological polar surface area (TPSA) is 68.9 Å². The summed E-state index contributed by atoms with van der Waals surface area (Å²) in [7, 11) is 0. The smallest absolute Gasteiger partial charge is 0.346 e. The SMILES string of the molecule is Cc1nn(CC(=O)NC2CCC2)c(=O)n1CCc1ccccc1. The van der Waals surface area contributed by atoms with E-state index in [0.717, 1.165) is 25.7 Å². The maximum Gasteiger partial charge on any atom is 0.346 e. The molecule has 0 saturated heterocycles. The molecular weight excluding hydrogens is 292 g/mol. The van der Waals surface area contributed by atoms with Gasteiger partial charge in [0.05, 0.1) is 0 Å². The average molecular weight is 314 g/mol. The summed E-state index contributed by atoms with van der Waals surface area (Å²) in [6, 6.07) is 10.3. The van der Waals surface area contributed by atoms with Gasteiger partial charge in [-0.15, -0.1) is 0 Å². The van der Waals surface area contributed by atoms with Crippen LogP contribution < -0.4 is 11.0 Å². The van der Waals surface area contributed by atoms with Gasteiger partial charge in [-0.2, -0.15) is 5.10 Å². The van der Waals surface area contributed by atoms with E-state index >= 15 is 0 Å². The summed E-state index contributed by atoms with van der Waals surface area (Å²) < 4.78 is 2.89. The van der Waals surface area contributed by atoms with Crippen LogP contribution in [0, 0.1) is 6.92 Å². The molecule has 1 aromatic heterocycles. The average Bonchev–Trinajstić information content (AvgIpc) is 2.76. The van der Waals surface area contributed by atoms with Gasteiger partial charge in [0, 0.05) is 12.6 Å². The fourth-order valence-electron chi connectivity index (χ4n) is 2.76. The summed E-state index contributed by atoms with van der Waals surface area (Å²) in [6.07, 6.45) is 4.00. The van der Waals surface area contributed by atoms with Crippen molar-refractivity contribution < 1.29 is 4.79 Å². The number of aryl methyl sites for hydroxylation is 2. The zero-order valence-corrected chi connectivity index (χ0v) is 13.4. The fourth-order valence-corrected chi connectivity index (χ4v) is 2.76. The maximum absolute atomic E-state index is 12.4. The van der Waals surface area contributed by atoms with Crippen LogP contribution in [0.2, 0.25) is 0 Å². The first-order valence-electron chi connectivity index (χ1n) is 8.11. The van der Waals surface area contributed by atoms with E-state index in [1.54, 1.807) is 11.5 Å². The van der Waals surface area contributed by atoms with Crippen LogP contribution in [0.15, 0.2) is 35.1 Å². The van der Waals surface area contributed by atoms with Gasteiger partial charge in [0.25, 0.3) is 0 Å². The molecule has 6 nitrogen and oxygen atoms in total. The Balaban J connectivity index is 1.64. The lowest BCUT2D eigenvalue weighted by Gasteiger charge is -2.26. The number of benzene rings is 1. The molecular formula is C17H22N4O2. The Morgan fingerprint density at radius 1 is 1.30 bits per heavy atom. The minimum absolute atomic E-state index is 0.00545. The zero-order valence-electron chi connectivity index (χ0n) is 13.4. The minimum atomic E-state index is -0.220. The zero-order chi connectivity index (χ0) is 16.2. The van der Waals surface area contributed by atoms with E-state index in [9.17, 15) is 9.59 Å². The highest BCUT2D eigenvalue weighted by atomic mass is 16.2. The lowest BCUT2D eigenvalue weighted by atomic mass is 9.93. The van der Waals surface area contributed by atoms with Crippen LogP contribution in [-0.4, -0.2) is 26.3 Å². The highest BCUT2D eigenvalue weighted by molar-refractivity contribution is 5.76. The van der Waals surface area contributed by atoms with E-state index in [4.69, 9.17) is 0 Å². The summed E-state index contributed by atoms with van der Waals surface area (Å²) in [6.45, 7) is 2.36. The molecule has 0 bridgehead atoms. The second-order valence-corrected chi connectivity index (χ2v) is 6.07. The molecule has 1 fully saturated rings. The van der Waals surface area contributed by atoms with E-state index in [0.29, 0.717) is 12.4 Å². The molecule has 0 radical (unpaired) electrons. The van der Waals surface area contributed by atoms with E-state index in [-0.39, 0.29) is 24.2 Å². The van der Waals surface area contributed by atoms with Gasteiger partial charge in [-0.25, -0.2) is 9.48 Å². The molecule has 122 valence electrons. The Labute approximate surface area is 135 Å². The number of carbonyl (C=O) groups excluding carboxylic acids is 1. The lowest BCUT2D eigenvalue weighted by molar-refractivity contribution is -0.123. The fraction of sp³-hybridized carbons (Fsp3) is 0.471. The molecule has 3 rings (SSSR count). The Kier molecular flexibility index (Phi) is 4.60. The van der Waals surface area contributed by atoms with Crippen molar-refractivity contribution in [3.8, 4) is 0 Å². The Morgan fingerprint density at radius 2 is 2.04 bits per heavy atom. The molecule has 1 N–H and O–H groups in total.